The molecule has 1 aromatic rings. The molecule has 6 heteroatoms. The molecular formula is C12H18N2O3S. The highest BCUT2D eigenvalue weighted by atomic mass is 32.2. The van der Waals surface area contributed by atoms with Crippen LogP contribution in [0.2, 0.25) is 0 Å². The Morgan fingerprint density at radius 3 is 2.89 bits per heavy atom. The molecule has 0 fully saturated rings. The van der Waals surface area contributed by atoms with Crippen LogP contribution in [-0.2, 0) is 6.54 Å². The molecule has 2 N–H and O–H groups in total. The predicted molar refractivity (Wildman–Crippen MR) is 73.8 cm³/mol. The molecule has 0 aliphatic heterocycles. The van der Waals surface area contributed by atoms with Crippen molar-refractivity contribution in [3.8, 4) is 0 Å². The summed E-state index contributed by atoms with van der Waals surface area (Å²) >= 11 is 1.58. The average Bonchev–Trinajstić information content (AvgIpc) is 2.29. The second kappa shape index (κ2) is 6.72. The molecule has 0 radical (unpaired) electrons. The van der Waals surface area contributed by atoms with Crippen LogP contribution < -0.4 is 5.32 Å². The zero-order chi connectivity index (χ0) is 13.6. The van der Waals surface area contributed by atoms with Gasteiger partial charge in [0.1, 0.15) is 0 Å². The van der Waals surface area contributed by atoms with E-state index in [-0.39, 0.29) is 5.69 Å². The molecule has 0 heterocycles. The number of nitrogens with one attached hydrogen (secondary N) is 1. The van der Waals surface area contributed by atoms with E-state index < -0.39 is 10.5 Å². The second-order valence-electron chi connectivity index (χ2n) is 4.46. The van der Waals surface area contributed by atoms with Crippen LogP contribution in [0.3, 0.4) is 0 Å². The lowest BCUT2D eigenvalue weighted by molar-refractivity contribution is -0.384. The average molecular weight is 270 g/mol. The maximum absolute atomic E-state index is 10.6. The van der Waals surface area contributed by atoms with Gasteiger partial charge in [0.15, 0.2) is 0 Å². The Bertz CT molecular complexity index is 410. The van der Waals surface area contributed by atoms with Crippen molar-refractivity contribution in [2.24, 2.45) is 0 Å². The Hall–Kier alpha value is -1.11. The first-order valence-corrected chi connectivity index (χ1v) is 6.99. The fraction of sp³-hybridized carbons (Fsp3) is 0.500. The Labute approximate surface area is 111 Å². The molecular weight excluding hydrogens is 252 g/mol. The van der Waals surface area contributed by atoms with Crippen LogP contribution in [0, 0.1) is 10.1 Å². The summed E-state index contributed by atoms with van der Waals surface area (Å²) in [5.74, 6) is 0.648. The minimum atomic E-state index is -0.764. The summed E-state index contributed by atoms with van der Waals surface area (Å²) < 4.78 is 0. The number of nitrogens with zero attached hydrogens (tertiary/aromatic N) is 1. The summed E-state index contributed by atoms with van der Waals surface area (Å²) in [4.78, 5) is 10.2. The molecule has 1 atom stereocenters. The standard InChI is InChI=1S/C12H18N2O3S/c1-12(15,9-18-2)8-13-7-10-4-3-5-11(6-10)14(16)17/h3-6,13,15H,7-9H2,1-2H3. The molecule has 0 aromatic heterocycles. The van der Waals surface area contributed by atoms with Crippen molar-refractivity contribution in [2.45, 2.75) is 19.1 Å². The van der Waals surface area contributed by atoms with Gasteiger partial charge >= 0.3 is 0 Å². The van der Waals surface area contributed by atoms with Gasteiger partial charge in [-0.3, -0.25) is 10.1 Å². The third-order valence-corrected chi connectivity index (χ3v) is 3.32. The van der Waals surface area contributed by atoms with E-state index in [4.69, 9.17) is 0 Å². The molecule has 0 spiro atoms. The number of hydrogen-bond acceptors (Lipinski definition) is 5. The van der Waals surface area contributed by atoms with Crippen LogP contribution in [0.4, 0.5) is 5.69 Å². The normalized spacial score (nSPS) is 14.2. The number of aliphatic hydroxyl groups is 1. The maximum Gasteiger partial charge on any atom is 0.269 e. The summed E-state index contributed by atoms with van der Waals surface area (Å²) in [6.45, 7) is 2.73. The minimum Gasteiger partial charge on any atom is -0.388 e. The van der Waals surface area contributed by atoms with Crippen molar-refractivity contribution in [3.05, 3.63) is 39.9 Å². The van der Waals surface area contributed by atoms with Gasteiger partial charge in [-0.2, -0.15) is 11.8 Å². The smallest absolute Gasteiger partial charge is 0.269 e. The topological polar surface area (TPSA) is 75.4 Å². The van der Waals surface area contributed by atoms with Gasteiger partial charge in [-0.1, -0.05) is 12.1 Å². The highest BCUT2D eigenvalue weighted by molar-refractivity contribution is 7.98. The largest absolute Gasteiger partial charge is 0.388 e. The Morgan fingerprint density at radius 2 is 2.28 bits per heavy atom. The van der Waals surface area contributed by atoms with Crippen molar-refractivity contribution in [1.82, 2.24) is 5.32 Å². The van der Waals surface area contributed by atoms with Crippen molar-refractivity contribution < 1.29 is 10.0 Å². The van der Waals surface area contributed by atoms with Crippen LogP contribution in [0.25, 0.3) is 0 Å². The van der Waals surface area contributed by atoms with Crippen molar-refractivity contribution in [3.63, 3.8) is 0 Å². The zero-order valence-corrected chi connectivity index (χ0v) is 11.4. The zero-order valence-electron chi connectivity index (χ0n) is 10.5. The number of rotatable bonds is 7. The molecule has 0 amide bonds. The summed E-state index contributed by atoms with van der Waals surface area (Å²) in [7, 11) is 0. The van der Waals surface area contributed by atoms with E-state index in [1.807, 2.05) is 12.3 Å². The molecule has 100 valence electrons. The van der Waals surface area contributed by atoms with E-state index in [0.717, 1.165) is 5.56 Å². The van der Waals surface area contributed by atoms with Crippen LogP contribution in [-0.4, -0.2) is 34.2 Å². The van der Waals surface area contributed by atoms with Crippen LogP contribution in [0.15, 0.2) is 24.3 Å². The van der Waals surface area contributed by atoms with E-state index in [9.17, 15) is 15.2 Å². The predicted octanol–water partition coefficient (Wildman–Crippen LogP) is 1.80. The molecule has 0 aliphatic rings. The lowest BCUT2D eigenvalue weighted by Crippen LogP contribution is -2.39. The lowest BCUT2D eigenvalue weighted by Gasteiger charge is -2.22. The highest BCUT2D eigenvalue weighted by Crippen LogP contribution is 2.13. The van der Waals surface area contributed by atoms with E-state index >= 15 is 0 Å². The van der Waals surface area contributed by atoms with Crippen molar-refractivity contribution in [1.29, 1.82) is 0 Å². The summed E-state index contributed by atoms with van der Waals surface area (Å²) in [5, 5.41) is 23.7. The third kappa shape index (κ3) is 5.03. The van der Waals surface area contributed by atoms with E-state index in [0.29, 0.717) is 18.8 Å². The number of non-ortho nitro benzene ring substituents is 1. The van der Waals surface area contributed by atoms with Gasteiger partial charge in [0.25, 0.3) is 5.69 Å². The van der Waals surface area contributed by atoms with Crippen LogP contribution in [0.5, 0.6) is 0 Å². The Kier molecular flexibility index (Phi) is 5.58. The molecule has 0 aliphatic carbocycles. The van der Waals surface area contributed by atoms with Gasteiger partial charge in [0, 0.05) is 31.0 Å². The van der Waals surface area contributed by atoms with Crippen molar-refractivity contribution in [2.75, 3.05) is 18.6 Å². The fourth-order valence-electron chi connectivity index (χ4n) is 1.62. The molecule has 5 nitrogen and oxygen atoms in total. The number of nitro benzene ring substituents is 1. The molecule has 0 saturated heterocycles. The molecule has 18 heavy (non-hydrogen) atoms. The van der Waals surface area contributed by atoms with Gasteiger partial charge in [-0.15, -0.1) is 0 Å². The molecule has 1 aromatic carbocycles. The first kappa shape index (κ1) is 14.9. The Balaban J connectivity index is 2.49. The number of hydrogen-bond donors (Lipinski definition) is 2. The van der Waals surface area contributed by atoms with Crippen LogP contribution in [0.1, 0.15) is 12.5 Å². The highest BCUT2D eigenvalue weighted by Gasteiger charge is 2.18. The van der Waals surface area contributed by atoms with E-state index in [1.54, 1.807) is 24.8 Å². The monoisotopic (exact) mass is 270 g/mol. The van der Waals surface area contributed by atoms with Gasteiger partial charge in [-0.25, -0.2) is 0 Å². The molecule has 1 rings (SSSR count). The molecule has 1 unspecified atom stereocenters. The van der Waals surface area contributed by atoms with Gasteiger partial charge in [0.2, 0.25) is 0 Å². The number of nitro groups is 1. The van der Waals surface area contributed by atoms with Gasteiger partial charge < -0.3 is 10.4 Å². The van der Waals surface area contributed by atoms with E-state index in [1.165, 1.54) is 12.1 Å². The molecule has 0 bridgehead atoms. The summed E-state index contributed by atoms with van der Waals surface area (Å²) in [6.07, 6.45) is 1.94. The number of thioether (sulfide) groups is 1. The van der Waals surface area contributed by atoms with Gasteiger partial charge in [0.05, 0.1) is 10.5 Å². The third-order valence-electron chi connectivity index (χ3n) is 2.41. The fourth-order valence-corrected chi connectivity index (χ4v) is 2.34. The molecule has 0 saturated carbocycles. The van der Waals surface area contributed by atoms with Gasteiger partial charge in [-0.05, 0) is 18.7 Å². The first-order valence-electron chi connectivity index (χ1n) is 5.60. The quantitative estimate of drug-likeness (QED) is 0.583. The lowest BCUT2D eigenvalue weighted by atomic mass is 10.1. The maximum atomic E-state index is 10.6. The summed E-state index contributed by atoms with van der Waals surface area (Å²) in [5.41, 5.74) is 0.162. The number of benzene rings is 1. The first-order chi connectivity index (χ1) is 8.44. The summed E-state index contributed by atoms with van der Waals surface area (Å²) in [6, 6.07) is 6.49. The minimum absolute atomic E-state index is 0.0881. The Morgan fingerprint density at radius 1 is 1.56 bits per heavy atom. The second-order valence-corrected chi connectivity index (χ2v) is 5.33. The SMILES string of the molecule is CSCC(C)(O)CNCc1cccc([N+](=O)[O-])c1. The van der Waals surface area contributed by atoms with Crippen LogP contribution >= 0.6 is 11.8 Å². The van der Waals surface area contributed by atoms with Crippen molar-refractivity contribution >= 4 is 17.4 Å². The van der Waals surface area contributed by atoms with E-state index in [2.05, 4.69) is 5.32 Å².